The molecule has 0 spiro atoms. The van der Waals surface area contributed by atoms with E-state index in [1.807, 2.05) is 6.92 Å². The lowest BCUT2D eigenvalue weighted by Gasteiger charge is -2.25. The fraction of sp³-hybridized carbons (Fsp3) is 0.769. The van der Waals surface area contributed by atoms with E-state index in [4.69, 9.17) is 0 Å². The molecule has 1 heterocycles. The quantitative estimate of drug-likeness (QED) is 0.810. The van der Waals surface area contributed by atoms with Crippen LogP contribution in [0.3, 0.4) is 0 Å². The molecule has 1 unspecified atom stereocenters. The molecule has 0 amide bonds. The molecule has 0 saturated heterocycles. The van der Waals surface area contributed by atoms with Gasteiger partial charge in [0.05, 0.1) is 6.20 Å². The van der Waals surface area contributed by atoms with E-state index in [0.717, 1.165) is 32.1 Å². The van der Waals surface area contributed by atoms with Crippen LogP contribution in [0.1, 0.15) is 55.9 Å². The Morgan fingerprint density at radius 1 is 1.50 bits per heavy atom. The Hall–Kier alpha value is -1.23. The Morgan fingerprint density at radius 3 is 2.89 bits per heavy atom. The van der Waals surface area contributed by atoms with Crippen molar-refractivity contribution in [3.63, 3.8) is 0 Å². The van der Waals surface area contributed by atoms with Crippen molar-refractivity contribution in [1.29, 1.82) is 0 Å². The van der Waals surface area contributed by atoms with Gasteiger partial charge in [-0.3, -0.25) is 4.79 Å². The Labute approximate surface area is 107 Å². The second-order valence-corrected chi connectivity index (χ2v) is 5.05. The number of aliphatic hydroxyl groups is 1. The largest absolute Gasteiger partial charge is 0.385 e. The molecule has 0 aliphatic heterocycles. The van der Waals surface area contributed by atoms with Gasteiger partial charge in [0.15, 0.2) is 0 Å². The fourth-order valence-corrected chi connectivity index (χ4v) is 2.64. The molecular formula is C13H21N3O2. The van der Waals surface area contributed by atoms with Crippen molar-refractivity contribution in [3.05, 3.63) is 11.9 Å². The maximum Gasteiger partial charge on any atom is 0.211 e. The van der Waals surface area contributed by atoms with Gasteiger partial charge in [0.25, 0.3) is 0 Å². The van der Waals surface area contributed by atoms with Crippen molar-refractivity contribution in [3.8, 4) is 0 Å². The summed E-state index contributed by atoms with van der Waals surface area (Å²) in [6, 6.07) is 0. The molecule has 1 aromatic rings. The molecule has 5 nitrogen and oxygen atoms in total. The first-order chi connectivity index (χ1) is 8.74. The van der Waals surface area contributed by atoms with Crippen LogP contribution in [0.15, 0.2) is 6.20 Å². The predicted molar refractivity (Wildman–Crippen MR) is 67.2 cm³/mol. The highest BCUT2D eigenvalue weighted by Gasteiger charge is 2.30. The summed E-state index contributed by atoms with van der Waals surface area (Å²) in [7, 11) is 0. The van der Waals surface area contributed by atoms with Crippen LogP contribution in [0.4, 0.5) is 0 Å². The van der Waals surface area contributed by atoms with E-state index in [2.05, 4.69) is 10.3 Å². The first kappa shape index (κ1) is 13.2. The van der Waals surface area contributed by atoms with Crippen LogP contribution in [0.5, 0.6) is 0 Å². The van der Waals surface area contributed by atoms with Gasteiger partial charge in [0.2, 0.25) is 5.78 Å². The van der Waals surface area contributed by atoms with Crippen LogP contribution in [0.2, 0.25) is 0 Å². The molecule has 1 aromatic heterocycles. The second-order valence-electron chi connectivity index (χ2n) is 5.05. The topological polar surface area (TPSA) is 68.0 Å². The Kier molecular flexibility index (Phi) is 4.47. The van der Waals surface area contributed by atoms with Gasteiger partial charge < -0.3 is 5.11 Å². The molecule has 18 heavy (non-hydrogen) atoms. The van der Waals surface area contributed by atoms with Gasteiger partial charge in [-0.05, 0) is 25.2 Å². The fourth-order valence-electron chi connectivity index (χ4n) is 2.64. The number of hydrogen-bond acceptors (Lipinski definition) is 4. The van der Waals surface area contributed by atoms with E-state index in [0.29, 0.717) is 12.2 Å². The Balaban J connectivity index is 2.07. The lowest BCUT2D eigenvalue weighted by Crippen LogP contribution is -2.32. The zero-order valence-corrected chi connectivity index (χ0v) is 10.9. The molecule has 1 N–H and O–H groups in total. The zero-order valence-electron chi connectivity index (χ0n) is 10.9. The number of hydrogen-bond donors (Lipinski definition) is 1. The Bertz CT molecular complexity index is 397. The molecule has 0 aromatic carbocycles. The van der Waals surface area contributed by atoms with Crippen molar-refractivity contribution in [2.45, 2.75) is 58.1 Å². The molecule has 100 valence electrons. The van der Waals surface area contributed by atoms with Gasteiger partial charge >= 0.3 is 0 Å². The van der Waals surface area contributed by atoms with Crippen LogP contribution in [-0.4, -0.2) is 32.0 Å². The summed E-state index contributed by atoms with van der Waals surface area (Å²) in [6.45, 7) is 2.69. The average Bonchev–Trinajstić information content (AvgIpc) is 2.87. The van der Waals surface area contributed by atoms with Gasteiger partial charge in [-0.25, -0.2) is 4.68 Å². The van der Waals surface area contributed by atoms with E-state index in [9.17, 15) is 9.90 Å². The van der Waals surface area contributed by atoms with E-state index in [1.165, 1.54) is 12.6 Å². The van der Waals surface area contributed by atoms with Crippen molar-refractivity contribution < 1.29 is 9.90 Å². The number of ketones is 1. The number of rotatable bonds is 5. The highest BCUT2D eigenvalue weighted by molar-refractivity contribution is 5.97. The predicted octanol–water partition coefficient (Wildman–Crippen LogP) is 1.81. The average molecular weight is 251 g/mol. The molecule has 1 saturated carbocycles. The van der Waals surface area contributed by atoms with Gasteiger partial charge in [-0.1, -0.05) is 31.4 Å². The molecule has 1 atom stereocenters. The zero-order chi connectivity index (χ0) is 13.0. The lowest BCUT2D eigenvalue weighted by atomic mass is 9.83. The first-order valence-electron chi connectivity index (χ1n) is 6.84. The van der Waals surface area contributed by atoms with Crippen LogP contribution < -0.4 is 0 Å². The number of Topliss-reactive ketones (excluding diaryl/α,β-unsaturated/α-hetero) is 1. The highest BCUT2D eigenvalue weighted by atomic mass is 16.3. The van der Waals surface area contributed by atoms with E-state index >= 15 is 0 Å². The monoisotopic (exact) mass is 251 g/mol. The number of carbonyl (C=O) groups excluding carboxylic acids is 1. The molecule has 0 radical (unpaired) electrons. The molecule has 1 fully saturated rings. The molecule has 5 heteroatoms. The van der Waals surface area contributed by atoms with Crippen LogP contribution >= 0.6 is 0 Å². The minimum atomic E-state index is -0.889. The molecule has 1 aliphatic carbocycles. The van der Waals surface area contributed by atoms with Crippen LogP contribution in [0, 0.1) is 5.92 Å². The minimum absolute atomic E-state index is 0.108. The summed E-state index contributed by atoms with van der Waals surface area (Å²) in [5, 5.41) is 17.8. The molecule has 0 bridgehead atoms. The van der Waals surface area contributed by atoms with Crippen molar-refractivity contribution in [1.82, 2.24) is 15.0 Å². The number of aromatic nitrogens is 3. The van der Waals surface area contributed by atoms with Crippen LogP contribution in [-0.2, 0) is 6.54 Å². The van der Waals surface area contributed by atoms with Gasteiger partial charge in [-0.15, -0.1) is 5.10 Å². The summed E-state index contributed by atoms with van der Waals surface area (Å²) < 4.78 is 1.59. The summed E-state index contributed by atoms with van der Waals surface area (Å²) in [5.74, 6) is -0.114. The van der Waals surface area contributed by atoms with Gasteiger partial charge in [0, 0.05) is 6.54 Å². The van der Waals surface area contributed by atoms with E-state index < -0.39 is 6.10 Å². The van der Waals surface area contributed by atoms with Crippen molar-refractivity contribution in [2.24, 2.45) is 5.92 Å². The maximum atomic E-state index is 12.2. The van der Waals surface area contributed by atoms with Gasteiger partial charge in [-0.2, -0.15) is 0 Å². The first-order valence-corrected chi connectivity index (χ1v) is 6.84. The number of nitrogens with zero attached hydrogens (tertiary/aromatic N) is 3. The normalized spacial score (nSPS) is 18.8. The summed E-state index contributed by atoms with van der Waals surface area (Å²) >= 11 is 0. The third-order valence-corrected chi connectivity index (χ3v) is 3.67. The number of aryl methyl sites for hydroxylation is 1. The van der Waals surface area contributed by atoms with Gasteiger partial charge in [0.1, 0.15) is 11.8 Å². The number of carbonyl (C=O) groups is 1. The van der Waals surface area contributed by atoms with E-state index in [1.54, 1.807) is 4.68 Å². The lowest BCUT2D eigenvalue weighted by molar-refractivity contribution is 0.0523. The summed E-state index contributed by atoms with van der Waals surface area (Å²) in [4.78, 5) is 12.2. The smallest absolute Gasteiger partial charge is 0.211 e. The molecule has 1 aliphatic rings. The van der Waals surface area contributed by atoms with Crippen molar-refractivity contribution in [2.75, 3.05) is 0 Å². The SMILES string of the molecule is CCCn1nncc1C(=O)C(O)C1CCCCC1. The summed E-state index contributed by atoms with van der Waals surface area (Å²) in [6.07, 6.45) is 6.80. The third kappa shape index (κ3) is 2.77. The second kappa shape index (κ2) is 6.09. The maximum absolute atomic E-state index is 12.2. The Morgan fingerprint density at radius 2 is 2.22 bits per heavy atom. The molecular weight excluding hydrogens is 230 g/mol. The number of aliphatic hydroxyl groups excluding tert-OH is 1. The van der Waals surface area contributed by atoms with Crippen molar-refractivity contribution >= 4 is 5.78 Å². The van der Waals surface area contributed by atoms with Crippen LogP contribution in [0.25, 0.3) is 0 Å². The third-order valence-electron chi connectivity index (χ3n) is 3.67. The summed E-state index contributed by atoms with van der Waals surface area (Å²) in [5.41, 5.74) is 0.440. The standard InChI is InChI=1S/C13H21N3O2/c1-2-8-16-11(9-14-15-16)13(18)12(17)10-6-4-3-5-7-10/h9-10,12,17H,2-8H2,1H3. The minimum Gasteiger partial charge on any atom is -0.385 e. The van der Waals surface area contributed by atoms with E-state index in [-0.39, 0.29) is 11.7 Å². The molecule has 2 rings (SSSR count). The highest BCUT2D eigenvalue weighted by Crippen LogP contribution is 2.27.